The van der Waals surface area contributed by atoms with Crippen LogP contribution in [0.1, 0.15) is 72.0 Å². The van der Waals surface area contributed by atoms with E-state index in [9.17, 15) is 74.0 Å². The van der Waals surface area contributed by atoms with Gasteiger partial charge in [0.2, 0.25) is 5.41 Å². The first-order valence-electron chi connectivity index (χ1n) is 13.2. The third kappa shape index (κ3) is 6.39. The Labute approximate surface area is 264 Å². The molecule has 5 N–H and O–H groups in total. The van der Waals surface area contributed by atoms with Crippen molar-refractivity contribution in [2.75, 3.05) is 17.7 Å². The summed E-state index contributed by atoms with van der Waals surface area (Å²) >= 11 is 0. The highest BCUT2D eigenvalue weighted by atomic mass is 19.4. The number of anilines is 2. The molecule has 0 heterocycles. The summed E-state index contributed by atoms with van der Waals surface area (Å²) in [5.41, 5.74) is -17.7. The summed E-state index contributed by atoms with van der Waals surface area (Å²) < 4.78 is 129. The van der Waals surface area contributed by atoms with E-state index in [1.165, 1.54) is 0 Å². The molecule has 0 saturated heterocycles. The molecule has 0 aliphatic carbocycles. The molecule has 1 amide bonds. The Kier molecular flexibility index (Phi) is 9.70. The molecule has 258 valence electrons. The Bertz CT molecular complexity index is 1780. The summed E-state index contributed by atoms with van der Waals surface area (Å²) in [7, 11) is 1.14. The summed E-state index contributed by atoms with van der Waals surface area (Å²) in [4.78, 5) is 48.8. The Morgan fingerprint density at radius 2 is 1.10 bits per heavy atom. The van der Waals surface area contributed by atoms with Gasteiger partial charge in [0.25, 0.3) is 5.91 Å². The minimum Gasteiger partial charge on any atom is -0.478 e. The van der Waals surface area contributed by atoms with Crippen LogP contribution in [0, 0.1) is 0 Å². The van der Waals surface area contributed by atoms with Gasteiger partial charge in [0, 0.05) is 29.5 Å². The number of aliphatic hydroxyl groups is 1. The number of amides is 1. The number of carboxylic acid groups (broad SMARTS) is 2. The minimum absolute atomic E-state index is 0.000108. The number of alkyl halides is 9. The number of carboxylic acids is 2. The molecule has 0 aliphatic rings. The number of halogens is 9. The normalized spacial score (nSPS) is 13.8. The van der Waals surface area contributed by atoms with Gasteiger partial charge in [0.05, 0.1) is 16.7 Å². The molecule has 1 unspecified atom stereocenters. The van der Waals surface area contributed by atoms with Crippen LogP contribution in [0.15, 0.2) is 54.6 Å². The summed E-state index contributed by atoms with van der Waals surface area (Å²) in [5.74, 6) is -6.60. The number of benzene rings is 3. The van der Waals surface area contributed by atoms with E-state index < -0.39 is 103 Å². The van der Waals surface area contributed by atoms with Crippen molar-refractivity contribution in [2.24, 2.45) is 0 Å². The van der Waals surface area contributed by atoms with Gasteiger partial charge in [-0.15, -0.1) is 0 Å². The zero-order valence-electron chi connectivity index (χ0n) is 24.6. The number of carbonyl (C=O) groups is 4. The number of ketones is 1. The third-order valence-corrected chi connectivity index (χ3v) is 7.46. The smallest absolute Gasteiger partial charge is 0.421 e. The monoisotopic (exact) mass is 694 g/mol. The molecule has 0 spiro atoms. The number of carbonyl (C=O) groups excluding carboxylic acids is 2. The van der Waals surface area contributed by atoms with Gasteiger partial charge in [-0.1, -0.05) is 18.2 Å². The first-order chi connectivity index (χ1) is 21.8. The van der Waals surface area contributed by atoms with Crippen LogP contribution in [-0.2, 0) is 11.0 Å². The highest BCUT2D eigenvalue weighted by molar-refractivity contribution is 6.11. The van der Waals surface area contributed by atoms with Crippen molar-refractivity contribution in [3.63, 3.8) is 0 Å². The van der Waals surface area contributed by atoms with Gasteiger partial charge in [-0.3, -0.25) is 9.59 Å². The fraction of sp³-hybridized carbons (Fsp3) is 0.267. The van der Waals surface area contributed by atoms with Gasteiger partial charge in [-0.05, 0) is 61.4 Å². The molecular weight excluding hydrogens is 671 g/mol. The quantitative estimate of drug-likeness (QED) is 0.122. The van der Waals surface area contributed by atoms with E-state index in [0.29, 0.717) is 26.0 Å². The van der Waals surface area contributed by atoms with Crippen molar-refractivity contribution in [1.29, 1.82) is 0 Å². The third-order valence-electron chi connectivity index (χ3n) is 7.46. The highest BCUT2D eigenvalue weighted by Crippen LogP contribution is 2.56. The van der Waals surface area contributed by atoms with E-state index in [4.69, 9.17) is 0 Å². The number of nitrogens with one attached hydrogen (secondary N) is 2. The molecule has 3 rings (SSSR count). The molecule has 48 heavy (non-hydrogen) atoms. The van der Waals surface area contributed by atoms with Crippen LogP contribution in [0.25, 0.3) is 0 Å². The second kappa shape index (κ2) is 12.5. The lowest BCUT2D eigenvalue weighted by atomic mass is 9.71. The van der Waals surface area contributed by atoms with Crippen LogP contribution < -0.4 is 10.6 Å². The van der Waals surface area contributed by atoms with E-state index in [2.05, 4.69) is 5.32 Å². The molecule has 0 aliphatic heterocycles. The minimum atomic E-state index is -6.31. The lowest BCUT2D eigenvalue weighted by Gasteiger charge is -2.38. The molecule has 0 bridgehead atoms. The Morgan fingerprint density at radius 1 is 0.646 bits per heavy atom. The summed E-state index contributed by atoms with van der Waals surface area (Å²) in [6, 6.07) is 3.43. The fourth-order valence-corrected chi connectivity index (χ4v) is 4.99. The molecule has 0 aromatic heterocycles. The standard InChI is InChI=1S/C30H23F9N2O7/c1-13(42)19-10-14(4-7-17(19)24(44)45)27(29(34,35)36,30(37,38)39)15-5-8-18(25(46)47)20(11-15)23(43)41-16-6-9-21(22(12-16)40-3)26(2,48)28(31,32)33/h4-12,40,48H,1-3H3,(H,41,43)(H,44,45)(H,46,47). The first-order valence-corrected chi connectivity index (χ1v) is 13.2. The second-order valence-corrected chi connectivity index (χ2v) is 10.5. The number of Topliss-reactive ketones (excluding diaryl/α,β-unsaturated/α-hetero) is 1. The molecule has 3 aromatic rings. The average Bonchev–Trinajstić information content (AvgIpc) is 2.94. The van der Waals surface area contributed by atoms with Crippen molar-refractivity contribution in [3.8, 4) is 0 Å². The number of hydrogen-bond donors (Lipinski definition) is 5. The topological polar surface area (TPSA) is 153 Å². The molecule has 0 saturated carbocycles. The maximum absolute atomic E-state index is 14.8. The van der Waals surface area contributed by atoms with Gasteiger partial charge < -0.3 is 26.0 Å². The Morgan fingerprint density at radius 3 is 1.50 bits per heavy atom. The summed E-state index contributed by atoms with van der Waals surface area (Å²) in [5, 5.41) is 33.3. The fourth-order valence-electron chi connectivity index (χ4n) is 4.99. The van der Waals surface area contributed by atoms with Crippen molar-refractivity contribution < 1.29 is 74.0 Å². The lowest BCUT2D eigenvalue weighted by molar-refractivity contribution is -0.288. The van der Waals surface area contributed by atoms with Crippen LogP contribution in [0.4, 0.5) is 50.9 Å². The van der Waals surface area contributed by atoms with Gasteiger partial charge in [-0.2, -0.15) is 39.5 Å². The van der Waals surface area contributed by atoms with Crippen molar-refractivity contribution >= 4 is 35.0 Å². The van der Waals surface area contributed by atoms with Crippen LogP contribution in [-0.4, -0.2) is 64.5 Å². The molecule has 3 aromatic carbocycles. The predicted octanol–water partition coefficient (Wildman–Crippen LogP) is 6.76. The second-order valence-electron chi connectivity index (χ2n) is 10.5. The average molecular weight is 695 g/mol. The zero-order valence-corrected chi connectivity index (χ0v) is 24.6. The SMILES string of the molecule is CNc1cc(NC(=O)c2cc(C(c3ccc(C(=O)O)c(C(C)=O)c3)(C(F)(F)F)C(F)(F)F)ccc2C(=O)O)ccc1C(C)(O)C(F)(F)F. The van der Waals surface area contributed by atoms with E-state index in [1.807, 2.05) is 5.32 Å². The molecule has 1 atom stereocenters. The summed E-state index contributed by atoms with van der Waals surface area (Å²) in [6.07, 6.45) is -17.8. The first kappa shape index (κ1) is 37.3. The number of hydrogen-bond acceptors (Lipinski definition) is 6. The number of rotatable bonds is 9. The van der Waals surface area contributed by atoms with E-state index in [1.54, 1.807) is 0 Å². The molecule has 0 fully saturated rings. The summed E-state index contributed by atoms with van der Waals surface area (Å²) in [6.45, 7) is 1.13. The van der Waals surface area contributed by atoms with Crippen molar-refractivity contribution in [3.05, 3.63) is 93.5 Å². The lowest BCUT2D eigenvalue weighted by Crippen LogP contribution is -2.55. The largest absolute Gasteiger partial charge is 0.478 e. The Hall–Kier alpha value is -5.13. The van der Waals surface area contributed by atoms with Gasteiger partial charge in [0.1, 0.15) is 0 Å². The highest BCUT2D eigenvalue weighted by Gasteiger charge is 2.72. The maximum Gasteiger partial charge on any atom is 0.421 e. The van der Waals surface area contributed by atoms with Crippen molar-refractivity contribution in [2.45, 2.75) is 43.4 Å². The molecule has 18 heteroatoms. The van der Waals surface area contributed by atoms with Gasteiger partial charge in [-0.25, -0.2) is 9.59 Å². The maximum atomic E-state index is 14.8. The van der Waals surface area contributed by atoms with Crippen LogP contribution in [0.3, 0.4) is 0 Å². The van der Waals surface area contributed by atoms with Crippen LogP contribution >= 0.6 is 0 Å². The van der Waals surface area contributed by atoms with E-state index >= 15 is 0 Å². The van der Waals surface area contributed by atoms with E-state index in [-0.39, 0.29) is 24.3 Å². The van der Waals surface area contributed by atoms with Gasteiger partial charge in [0.15, 0.2) is 11.4 Å². The molecular formula is C30H23F9N2O7. The predicted molar refractivity (Wildman–Crippen MR) is 149 cm³/mol. The van der Waals surface area contributed by atoms with Crippen LogP contribution in [0.2, 0.25) is 0 Å². The van der Waals surface area contributed by atoms with Crippen LogP contribution in [0.5, 0.6) is 0 Å². The number of aromatic carboxylic acids is 2. The van der Waals surface area contributed by atoms with Crippen molar-refractivity contribution in [1.82, 2.24) is 0 Å². The Balaban J connectivity index is 2.31. The van der Waals surface area contributed by atoms with E-state index in [0.717, 1.165) is 25.2 Å². The zero-order chi connectivity index (χ0) is 36.8. The van der Waals surface area contributed by atoms with Gasteiger partial charge >= 0.3 is 30.5 Å². The molecule has 9 nitrogen and oxygen atoms in total. The molecule has 0 radical (unpaired) electrons.